The lowest BCUT2D eigenvalue weighted by Gasteiger charge is -2.08. The third kappa shape index (κ3) is 6.86. The van der Waals surface area contributed by atoms with E-state index in [9.17, 15) is 10.1 Å². The van der Waals surface area contributed by atoms with Crippen LogP contribution >= 0.6 is 22.6 Å². The van der Waals surface area contributed by atoms with E-state index >= 15 is 0 Å². The molecule has 0 aliphatic carbocycles. The van der Waals surface area contributed by atoms with Crippen molar-refractivity contribution in [1.29, 1.82) is 5.26 Å². The molecule has 0 aromatic heterocycles. The number of carbonyl (C=O) groups excluding carboxylic acids is 1. The first kappa shape index (κ1) is 22.4. The van der Waals surface area contributed by atoms with E-state index < -0.39 is 5.91 Å². The molecule has 0 atom stereocenters. The molecule has 3 aromatic carbocycles. The molecule has 0 aliphatic heterocycles. The van der Waals surface area contributed by atoms with Gasteiger partial charge in [0.05, 0.1) is 6.61 Å². The molecule has 0 fully saturated rings. The summed E-state index contributed by atoms with van der Waals surface area (Å²) >= 11 is 2.26. The van der Waals surface area contributed by atoms with Crippen LogP contribution in [0, 0.1) is 14.9 Å². The van der Waals surface area contributed by atoms with Crippen LogP contribution in [0.1, 0.15) is 18.1 Å². The van der Waals surface area contributed by atoms with E-state index in [1.54, 1.807) is 30.3 Å². The fourth-order valence-electron chi connectivity index (χ4n) is 2.72. The van der Waals surface area contributed by atoms with Gasteiger partial charge in [0.25, 0.3) is 5.91 Å². The van der Waals surface area contributed by atoms with Crippen LogP contribution in [0.3, 0.4) is 0 Å². The number of nitrogens with one attached hydrogen (secondary N) is 1. The van der Waals surface area contributed by atoms with E-state index in [-0.39, 0.29) is 5.57 Å². The number of halogens is 1. The van der Waals surface area contributed by atoms with E-state index in [1.807, 2.05) is 61.5 Å². The highest BCUT2D eigenvalue weighted by Gasteiger charge is 2.10. The average Bonchev–Trinajstić information content (AvgIpc) is 2.79. The van der Waals surface area contributed by atoms with Crippen LogP contribution in [0.2, 0.25) is 0 Å². The van der Waals surface area contributed by atoms with Gasteiger partial charge in [0.15, 0.2) is 0 Å². The number of hydrogen-bond acceptors (Lipinski definition) is 4. The van der Waals surface area contributed by atoms with Gasteiger partial charge in [-0.3, -0.25) is 4.79 Å². The second-order valence-corrected chi connectivity index (χ2v) is 7.81. The van der Waals surface area contributed by atoms with Gasteiger partial charge in [-0.15, -0.1) is 0 Å². The first-order chi connectivity index (χ1) is 15.1. The molecule has 0 radical (unpaired) electrons. The van der Waals surface area contributed by atoms with E-state index in [0.717, 1.165) is 16.9 Å². The van der Waals surface area contributed by atoms with Gasteiger partial charge in [-0.1, -0.05) is 24.3 Å². The van der Waals surface area contributed by atoms with Gasteiger partial charge < -0.3 is 14.8 Å². The lowest BCUT2D eigenvalue weighted by atomic mass is 10.1. The number of rotatable bonds is 8. The topological polar surface area (TPSA) is 71.3 Å². The number of amides is 1. The zero-order valence-corrected chi connectivity index (χ0v) is 19.1. The molecule has 156 valence electrons. The zero-order valence-electron chi connectivity index (χ0n) is 17.0. The molecule has 1 N–H and O–H groups in total. The number of benzene rings is 3. The Balaban J connectivity index is 1.61. The van der Waals surface area contributed by atoms with Crippen molar-refractivity contribution in [2.24, 2.45) is 0 Å². The molecule has 3 aromatic rings. The largest absolute Gasteiger partial charge is 0.494 e. The van der Waals surface area contributed by atoms with Gasteiger partial charge in [0, 0.05) is 9.26 Å². The van der Waals surface area contributed by atoms with Crippen molar-refractivity contribution in [2.75, 3.05) is 11.9 Å². The summed E-state index contributed by atoms with van der Waals surface area (Å²) in [5.74, 6) is 0.972. The molecule has 0 saturated heterocycles. The van der Waals surface area contributed by atoms with E-state index in [0.29, 0.717) is 24.7 Å². The normalized spacial score (nSPS) is 10.8. The monoisotopic (exact) mass is 524 g/mol. The standard InChI is InChI=1S/C25H21IN2O3/c1-2-30-23-13-9-22(10-14-23)28-25(29)20(16-27)15-18-5-11-24(12-6-18)31-17-19-3-7-21(26)8-4-19/h3-15H,2,17H2,1H3,(H,28,29)/b20-15-. The first-order valence-electron chi connectivity index (χ1n) is 9.70. The molecule has 6 heteroatoms. The first-order valence-corrected chi connectivity index (χ1v) is 10.8. The van der Waals surface area contributed by atoms with Gasteiger partial charge in [0.2, 0.25) is 0 Å². The summed E-state index contributed by atoms with van der Waals surface area (Å²) in [7, 11) is 0. The highest BCUT2D eigenvalue weighted by atomic mass is 127. The maximum absolute atomic E-state index is 12.5. The van der Waals surface area contributed by atoms with Gasteiger partial charge in [-0.05, 0) is 95.2 Å². The van der Waals surface area contributed by atoms with Crippen molar-refractivity contribution in [3.63, 3.8) is 0 Å². The fourth-order valence-corrected chi connectivity index (χ4v) is 3.08. The van der Waals surface area contributed by atoms with Crippen molar-refractivity contribution in [3.05, 3.63) is 93.1 Å². The maximum atomic E-state index is 12.5. The quantitative estimate of drug-likeness (QED) is 0.229. The van der Waals surface area contributed by atoms with Crippen LogP contribution in [0.15, 0.2) is 78.4 Å². The van der Waals surface area contributed by atoms with Crippen LogP contribution in [0.4, 0.5) is 5.69 Å². The third-order valence-corrected chi connectivity index (χ3v) is 5.02. The SMILES string of the molecule is CCOc1ccc(NC(=O)/C(C#N)=C\c2ccc(OCc3ccc(I)cc3)cc2)cc1. The number of ether oxygens (including phenoxy) is 2. The van der Waals surface area contributed by atoms with Gasteiger partial charge >= 0.3 is 0 Å². The fraction of sp³-hybridized carbons (Fsp3) is 0.120. The molecule has 0 aliphatic rings. The van der Waals surface area contributed by atoms with Crippen molar-refractivity contribution in [1.82, 2.24) is 0 Å². The summed E-state index contributed by atoms with van der Waals surface area (Å²) in [6.45, 7) is 2.95. The van der Waals surface area contributed by atoms with Crippen LogP contribution in [-0.4, -0.2) is 12.5 Å². The second-order valence-electron chi connectivity index (χ2n) is 6.57. The van der Waals surface area contributed by atoms with Gasteiger partial charge in [-0.25, -0.2) is 0 Å². The molecule has 31 heavy (non-hydrogen) atoms. The Morgan fingerprint density at radius 2 is 1.58 bits per heavy atom. The molecule has 0 saturated carbocycles. The Hall–Kier alpha value is -3.31. The molecule has 0 bridgehead atoms. The van der Waals surface area contributed by atoms with Crippen LogP contribution in [0.5, 0.6) is 11.5 Å². The Kier molecular flexibility index (Phi) is 8.07. The van der Waals surface area contributed by atoms with Gasteiger partial charge in [0.1, 0.15) is 29.7 Å². The van der Waals surface area contributed by atoms with Crippen LogP contribution in [0.25, 0.3) is 6.08 Å². The predicted molar refractivity (Wildman–Crippen MR) is 130 cm³/mol. The Labute approximate surface area is 195 Å². The molecular formula is C25H21IN2O3. The van der Waals surface area contributed by atoms with Crippen molar-refractivity contribution in [3.8, 4) is 17.6 Å². The summed E-state index contributed by atoms with van der Waals surface area (Å²) < 4.78 is 12.4. The van der Waals surface area contributed by atoms with E-state index in [2.05, 4.69) is 27.9 Å². The van der Waals surface area contributed by atoms with Crippen LogP contribution in [-0.2, 0) is 11.4 Å². The smallest absolute Gasteiger partial charge is 0.266 e. The molecule has 0 heterocycles. The van der Waals surface area contributed by atoms with E-state index in [4.69, 9.17) is 9.47 Å². The summed E-state index contributed by atoms with van der Waals surface area (Å²) in [5.41, 5.74) is 2.43. The molecule has 0 spiro atoms. The Morgan fingerprint density at radius 1 is 0.968 bits per heavy atom. The minimum Gasteiger partial charge on any atom is -0.494 e. The average molecular weight is 524 g/mol. The zero-order chi connectivity index (χ0) is 22.1. The van der Waals surface area contributed by atoms with Gasteiger partial charge in [-0.2, -0.15) is 5.26 Å². The number of carbonyl (C=O) groups is 1. The highest BCUT2D eigenvalue weighted by molar-refractivity contribution is 14.1. The second kappa shape index (κ2) is 11.2. The van der Waals surface area contributed by atoms with Crippen LogP contribution < -0.4 is 14.8 Å². The molecule has 3 rings (SSSR count). The number of nitriles is 1. The molecule has 0 unspecified atom stereocenters. The minimum absolute atomic E-state index is 0.0152. The summed E-state index contributed by atoms with van der Waals surface area (Å²) in [6, 6.07) is 24.3. The van der Waals surface area contributed by atoms with Crippen molar-refractivity contribution >= 4 is 40.3 Å². The Morgan fingerprint density at radius 3 is 2.19 bits per heavy atom. The predicted octanol–water partition coefficient (Wildman–Crippen LogP) is 5.81. The number of nitrogens with zero attached hydrogens (tertiary/aromatic N) is 1. The summed E-state index contributed by atoms with van der Waals surface area (Å²) in [5, 5.41) is 12.1. The molecule has 5 nitrogen and oxygen atoms in total. The van der Waals surface area contributed by atoms with Crippen molar-refractivity contribution in [2.45, 2.75) is 13.5 Å². The number of anilines is 1. The lowest BCUT2D eigenvalue weighted by molar-refractivity contribution is -0.112. The number of hydrogen-bond donors (Lipinski definition) is 1. The third-order valence-electron chi connectivity index (χ3n) is 4.30. The van der Waals surface area contributed by atoms with E-state index in [1.165, 1.54) is 3.57 Å². The highest BCUT2D eigenvalue weighted by Crippen LogP contribution is 2.19. The molecular weight excluding hydrogens is 503 g/mol. The summed E-state index contributed by atoms with van der Waals surface area (Å²) in [6.07, 6.45) is 1.55. The van der Waals surface area contributed by atoms with Crippen molar-refractivity contribution < 1.29 is 14.3 Å². The lowest BCUT2D eigenvalue weighted by Crippen LogP contribution is -2.13. The summed E-state index contributed by atoms with van der Waals surface area (Å²) in [4.78, 5) is 12.5. The Bertz CT molecular complexity index is 1080. The maximum Gasteiger partial charge on any atom is 0.266 e. The molecule has 1 amide bonds. The minimum atomic E-state index is -0.467.